The summed E-state index contributed by atoms with van der Waals surface area (Å²) in [6.07, 6.45) is -0.196. The van der Waals surface area contributed by atoms with E-state index in [1.165, 1.54) is 28.5 Å². The van der Waals surface area contributed by atoms with E-state index < -0.39 is 22.1 Å². The SMILES string of the molecule is CN(CCCCCc1cccc2ccccc12)c1cccc(C(F)(F)F)c1.O=S(=O)(O)O. The molecule has 3 aromatic rings. The van der Waals surface area contributed by atoms with Crippen molar-refractivity contribution < 1.29 is 30.7 Å². The average Bonchev–Trinajstić information content (AvgIpc) is 2.72. The van der Waals surface area contributed by atoms with E-state index in [4.69, 9.17) is 17.5 Å². The van der Waals surface area contributed by atoms with Crippen molar-refractivity contribution in [3.63, 3.8) is 0 Å². The fraction of sp³-hybridized carbons (Fsp3) is 0.304. The van der Waals surface area contributed by atoms with E-state index in [1.54, 1.807) is 6.07 Å². The van der Waals surface area contributed by atoms with E-state index in [1.807, 2.05) is 11.9 Å². The molecule has 0 aliphatic rings. The summed E-state index contributed by atoms with van der Waals surface area (Å²) in [6, 6.07) is 20.3. The number of hydrogen-bond acceptors (Lipinski definition) is 3. The quantitative estimate of drug-likeness (QED) is 0.325. The number of anilines is 1. The van der Waals surface area contributed by atoms with Crippen LogP contribution in [-0.2, 0) is 23.0 Å². The molecule has 0 aromatic heterocycles. The predicted octanol–water partition coefficient (Wildman–Crippen LogP) is 6.06. The van der Waals surface area contributed by atoms with E-state index in [0.29, 0.717) is 5.69 Å². The van der Waals surface area contributed by atoms with Gasteiger partial charge in [-0.25, -0.2) is 0 Å². The van der Waals surface area contributed by atoms with Gasteiger partial charge in [0.15, 0.2) is 0 Å². The number of unbranched alkanes of at least 4 members (excludes halogenated alkanes) is 2. The van der Waals surface area contributed by atoms with Gasteiger partial charge in [0.2, 0.25) is 0 Å². The summed E-state index contributed by atoms with van der Waals surface area (Å²) in [5, 5.41) is 2.57. The summed E-state index contributed by atoms with van der Waals surface area (Å²) in [7, 11) is -2.82. The number of benzene rings is 3. The number of rotatable bonds is 7. The number of fused-ring (bicyclic) bond motifs is 1. The number of halogens is 3. The van der Waals surface area contributed by atoms with Crippen molar-refractivity contribution in [3.05, 3.63) is 77.9 Å². The minimum atomic E-state index is -4.67. The highest BCUT2D eigenvalue weighted by Gasteiger charge is 2.30. The Labute approximate surface area is 186 Å². The van der Waals surface area contributed by atoms with Crippen LogP contribution in [0, 0.1) is 0 Å². The molecular weight excluding hydrogens is 443 g/mol. The van der Waals surface area contributed by atoms with Crippen molar-refractivity contribution >= 4 is 26.9 Å². The van der Waals surface area contributed by atoms with Crippen LogP contribution in [-0.4, -0.2) is 31.1 Å². The van der Waals surface area contributed by atoms with Gasteiger partial charge in [-0.1, -0.05) is 55.0 Å². The zero-order valence-electron chi connectivity index (χ0n) is 17.6. The van der Waals surface area contributed by atoms with Crippen LogP contribution in [0.3, 0.4) is 0 Å². The van der Waals surface area contributed by atoms with Gasteiger partial charge in [-0.15, -0.1) is 0 Å². The van der Waals surface area contributed by atoms with Crippen LogP contribution in [0.1, 0.15) is 30.4 Å². The van der Waals surface area contributed by atoms with Crippen molar-refractivity contribution in [1.29, 1.82) is 0 Å². The van der Waals surface area contributed by atoms with E-state index in [2.05, 4.69) is 42.5 Å². The summed E-state index contributed by atoms with van der Waals surface area (Å²) in [4.78, 5) is 1.90. The van der Waals surface area contributed by atoms with Crippen molar-refractivity contribution in [2.45, 2.75) is 31.9 Å². The van der Waals surface area contributed by atoms with E-state index in [-0.39, 0.29) is 0 Å². The van der Waals surface area contributed by atoms with Crippen molar-refractivity contribution in [3.8, 4) is 0 Å². The lowest BCUT2D eigenvalue weighted by Gasteiger charge is -2.20. The van der Waals surface area contributed by atoms with Crippen LogP contribution in [0.2, 0.25) is 0 Å². The molecule has 0 spiro atoms. The molecule has 0 aliphatic heterocycles. The summed E-state index contributed by atoms with van der Waals surface area (Å²) >= 11 is 0. The van der Waals surface area contributed by atoms with E-state index >= 15 is 0 Å². The van der Waals surface area contributed by atoms with E-state index in [0.717, 1.165) is 38.3 Å². The van der Waals surface area contributed by atoms with Crippen LogP contribution in [0.5, 0.6) is 0 Å². The molecule has 0 heterocycles. The largest absolute Gasteiger partial charge is 0.416 e. The lowest BCUT2D eigenvalue weighted by atomic mass is 10.00. The molecule has 0 bridgehead atoms. The molecule has 0 atom stereocenters. The van der Waals surface area contributed by atoms with Crippen LogP contribution < -0.4 is 4.90 Å². The first-order valence-corrected chi connectivity index (χ1v) is 11.4. The Kier molecular flexibility index (Phi) is 9.06. The van der Waals surface area contributed by atoms with E-state index in [9.17, 15) is 13.2 Å². The predicted molar refractivity (Wildman–Crippen MR) is 120 cm³/mol. The van der Waals surface area contributed by atoms with Gasteiger partial charge in [-0.05, 0) is 53.8 Å². The number of nitrogens with zero attached hydrogens (tertiary/aromatic N) is 1. The molecule has 0 unspecified atom stereocenters. The zero-order valence-corrected chi connectivity index (χ0v) is 18.4. The van der Waals surface area contributed by atoms with Crippen molar-refractivity contribution in [2.24, 2.45) is 0 Å². The first-order chi connectivity index (χ1) is 14.9. The Morgan fingerprint density at radius 1 is 0.875 bits per heavy atom. The van der Waals surface area contributed by atoms with Gasteiger partial charge in [0.25, 0.3) is 0 Å². The van der Waals surface area contributed by atoms with Crippen LogP contribution >= 0.6 is 0 Å². The van der Waals surface area contributed by atoms with Crippen LogP contribution in [0.4, 0.5) is 18.9 Å². The normalized spacial score (nSPS) is 11.7. The highest BCUT2D eigenvalue weighted by molar-refractivity contribution is 7.79. The third-order valence-electron chi connectivity index (χ3n) is 4.93. The average molecular weight is 470 g/mol. The summed E-state index contributed by atoms with van der Waals surface area (Å²) in [5.41, 5.74) is 1.38. The monoisotopic (exact) mass is 469 g/mol. The lowest BCUT2D eigenvalue weighted by Crippen LogP contribution is -2.19. The Hall–Kier alpha value is -2.62. The third kappa shape index (κ3) is 8.86. The minimum Gasteiger partial charge on any atom is -0.375 e. The summed E-state index contributed by atoms with van der Waals surface area (Å²) < 4.78 is 70.1. The molecule has 0 saturated heterocycles. The molecule has 0 fully saturated rings. The van der Waals surface area contributed by atoms with Crippen molar-refractivity contribution in [1.82, 2.24) is 0 Å². The molecule has 32 heavy (non-hydrogen) atoms. The molecule has 0 amide bonds. The van der Waals surface area contributed by atoms with Gasteiger partial charge in [0.1, 0.15) is 0 Å². The fourth-order valence-corrected chi connectivity index (χ4v) is 3.40. The molecule has 3 aromatic carbocycles. The second-order valence-corrected chi connectivity index (χ2v) is 8.26. The lowest BCUT2D eigenvalue weighted by molar-refractivity contribution is -0.137. The molecule has 3 rings (SSSR count). The van der Waals surface area contributed by atoms with Crippen LogP contribution in [0.25, 0.3) is 10.8 Å². The molecule has 0 saturated carbocycles. The minimum absolute atomic E-state index is 0.595. The van der Waals surface area contributed by atoms with Crippen LogP contribution in [0.15, 0.2) is 66.7 Å². The molecule has 0 radical (unpaired) electrons. The highest BCUT2D eigenvalue weighted by atomic mass is 32.3. The number of alkyl halides is 3. The standard InChI is InChI=1S/C23H24F3N.H2O4S/c1-27(21-14-8-13-20(17-21)23(24,25)26)16-6-2-3-9-18-11-7-12-19-10-4-5-15-22(18)19;1-5(2,3)4/h4-5,7-8,10-15,17H,2-3,6,9,16H2,1H3;(H2,1,2,3,4). The topological polar surface area (TPSA) is 77.8 Å². The smallest absolute Gasteiger partial charge is 0.375 e. The Balaban J connectivity index is 0.000000654. The first-order valence-electron chi connectivity index (χ1n) is 10.00. The first kappa shape index (κ1) is 25.6. The summed E-state index contributed by atoms with van der Waals surface area (Å²) in [5.74, 6) is 0. The molecular formula is C23H26F3NO4S. The van der Waals surface area contributed by atoms with Gasteiger partial charge >= 0.3 is 16.6 Å². The summed E-state index contributed by atoms with van der Waals surface area (Å²) in [6.45, 7) is 0.747. The van der Waals surface area contributed by atoms with Gasteiger partial charge in [0.05, 0.1) is 5.56 Å². The number of hydrogen-bond donors (Lipinski definition) is 2. The second kappa shape index (κ2) is 11.3. The zero-order chi connectivity index (χ0) is 23.8. The molecule has 2 N–H and O–H groups in total. The Morgan fingerprint density at radius 3 is 2.19 bits per heavy atom. The third-order valence-corrected chi connectivity index (χ3v) is 4.93. The maximum atomic E-state index is 12.8. The molecule has 9 heteroatoms. The van der Waals surface area contributed by atoms with Crippen molar-refractivity contribution in [2.75, 3.05) is 18.5 Å². The number of aryl methyl sites for hydroxylation is 1. The molecule has 0 aliphatic carbocycles. The second-order valence-electron chi connectivity index (χ2n) is 7.37. The maximum Gasteiger partial charge on any atom is 0.416 e. The molecule has 5 nitrogen and oxygen atoms in total. The maximum absolute atomic E-state index is 12.8. The highest BCUT2D eigenvalue weighted by Crippen LogP contribution is 2.31. The van der Waals surface area contributed by atoms with Gasteiger partial charge in [0, 0.05) is 19.3 Å². The van der Waals surface area contributed by atoms with Gasteiger partial charge in [-0.2, -0.15) is 21.6 Å². The van der Waals surface area contributed by atoms with Gasteiger partial charge < -0.3 is 4.90 Å². The fourth-order valence-electron chi connectivity index (χ4n) is 3.40. The Morgan fingerprint density at radius 2 is 1.50 bits per heavy atom. The Bertz CT molecular complexity index is 1100. The van der Waals surface area contributed by atoms with Gasteiger partial charge in [-0.3, -0.25) is 9.11 Å². The molecule has 174 valence electrons.